The Morgan fingerprint density at radius 1 is 0.380 bits per heavy atom. The highest BCUT2D eigenvalue weighted by Gasteiger charge is 3.03. The Hall–Kier alpha value is -4.93. The van der Waals surface area contributed by atoms with E-state index >= 15 is 0 Å². The third-order valence-corrected chi connectivity index (χ3v) is 10.7. The first-order valence-electron chi connectivity index (χ1n) is 22.1. The Morgan fingerprint density at radius 3 is 0.899 bits per heavy atom. The van der Waals surface area contributed by atoms with E-state index in [-0.39, 0.29) is 6.42 Å². The SMILES string of the molecule is CCC(C)(C)C(=O)OCCOC(=O)C(F)(F)CC(F)(F)CC(F)(F)F.CCC(C)(C)C(=O)OCCOC(=O)C1(F)C(F)(F)C(F)(F)C(F)(F)C(F)(F)C1(F)F.CCC(C)C(=O)OCCOC(=O)C(F)(F)CC(F)(F)CC(F)(F)F. The largest absolute Gasteiger partial charge is 0.462 e. The van der Waals surface area contributed by atoms with Crippen molar-refractivity contribution in [2.45, 2.75) is 172 Å². The molecule has 0 amide bonds. The standard InChI is InChI=1S/C15H15F11O4.C14H19F7O4.C13H17F7O4/c1-4-9(2,3)7(27)29-5-6-30-8(28)10(16)11(17,18)13(21,22)15(25,26)14(23,24)12(10,19)20;1-4-11(2,3)9(22)24-5-6-25-10(23)13(17,18)7-12(15,16)8-14(19,20)21;1-3-8(2)9(21)23-4-5-24-10(22)12(16,17)6-11(14,15)7-13(18,19)20/h4-6H2,1-3H3;4-8H2,1-3H3;8H,3-7H2,1-2H3. The van der Waals surface area contributed by atoms with E-state index in [4.69, 9.17) is 0 Å². The van der Waals surface area contributed by atoms with Crippen molar-refractivity contribution in [1.82, 2.24) is 0 Å². The minimum Gasteiger partial charge on any atom is -0.462 e. The molecule has 0 aromatic carbocycles. The van der Waals surface area contributed by atoms with Gasteiger partial charge in [0.15, 0.2) is 0 Å². The molecule has 466 valence electrons. The fourth-order valence-electron chi connectivity index (χ4n) is 5.10. The number of ether oxygens (including phenoxy) is 6. The number of esters is 6. The van der Waals surface area contributed by atoms with E-state index < -0.39 is 189 Å². The van der Waals surface area contributed by atoms with Crippen LogP contribution in [0.15, 0.2) is 0 Å². The first kappa shape index (κ1) is 76.1. The van der Waals surface area contributed by atoms with Crippen molar-refractivity contribution in [3.05, 3.63) is 0 Å². The number of carbonyl (C=O) groups is 6. The maximum atomic E-state index is 14.3. The van der Waals surface area contributed by atoms with Crippen molar-refractivity contribution in [3.63, 3.8) is 0 Å². The maximum absolute atomic E-state index is 14.3. The van der Waals surface area contributed by atoms with E-state index in [1.807, 2.05) is 0 Å². The van der Waals surface area contributed by atoms with Crippen molar-refractivity contribution in [2.75, 3.05) is 39.6 Å². The van der Waals surface area contributed by atoms with Gasteiger partial charge in [-0.1, -0.05) is 27.7 Å². The van der Waals surface area contributed by atoms with Crippen LogP contribution in [-0.2, 0) is 57.2 Å². The molecule has 0 aromatic heterocycles. The normalized spacial score (nSPS) is 18.2. The zero-order valence-corrected chi connectivity index (χ0v) is 42.1. The molecule has 1 rings (SSSR count). The molecule has 0 radical (unpaired) electrons. The van der Waals surface area contributed by atoms with E-state index in [2.05, 4.69) is 28.4 Å². The molecule has 1 aliphatic carbocycles. The van der Waals surface area contributed by atoms with Crippen molar-refractivity contribution in [2.24, 2.45) is 16.7 Å². The van der Waals surface area contributed by atoms with Gasteiger partial charge in [-0.3, -0.25) is 14.4 Å². The molecule has 0 N–H and O–H groups in total. The van der Waals surface area contributed by atoms with Crippen LogP contribution in [0.4, 0.5) is 110 Å². The molecule has 12 nitrogen and oxygen atoms in total. The zero-order valence-electron chi connectivity index (χ0n) is 42.1. The third-order valence-electron chi connectivity index (χ3n) is 10.7. The molecule has 37 heteroatoms. The first-order chi connectivity index (χ1) is 34.8. The molecular formula is C42H51F25O12. The predicted octanol–water partition coefficient (Wildman–Crippen LogP) is 12.3. The zero-order chi connectivity index (χ0) is 63.5. The second kappa shape index (κ2) is 26.8. The van der Waals surface area contributed by atoms with E-state index in [9.17, 15) is 139 Å². The van der Waals surface area contributed by atoms with Crippen molar-refractivity contribution < 1.29 is 167 Å². The molecule has 1 aliphatic rings. The summed E-state index contributed by atoms with van der Waals surface area (Å²) in [7, 11) is 0. The third kappa shape index (κ3) is 19.9. The van der Waals surface area contributed by atoms with Crippen LogP contribution in [0.1, 0.15) is 100 Å². The molecule has 1 fully saturated rings. The summed E-state index contributed by atoms with van der Waals surface area (Å²) >= 11 is 0. The fraction of sp³-hybridized carbons (Fsp3) is 0.857. The molecule has 1 atom stereocenters. The average molecular weight is 1220 g/mol. The van der Waals surface area contributed by atoms with Crippen molar-refractivity contribution >= 4 is 35.8 Å². The van der Waals surface area contributed by atoms with Gasteiger partial charge in [-0.15, -0.1) is 0 Å². The number of halogens is 25. The summed E-state index contributed by atoms with van der Waals surface area (Å²) in [5.74, 6) is -67.5. The highest BCUT2D eigenvalue weighted by molar-refractivity contribution is 5.84. The molecule has 0 aliphatic heterocycles. The Labute approximate surface area is 430 Å². The van der Waals surface area contributed by atoms with Gasteiger partial charge in [0.2, 0.25) is 0 Å². The summed E-state index contributed by atoms with van der Waals surface area (Å²) in [6.45, 7) is 6.85. The lowest BCUT2D eigenvalue weighted by Crippen LogP contribution is -2.85. The van der Waals surface area contributed by atoms with Crippen LogP contribution in [0.2, 0.25) is 0 Å². The van der Waals surface area contributed by atoms with E-state index in [0.717, 1.165) is 0 Å². The van der Waals surface area contributed by atoms with Gasteiger partial charge in [-0.25, -0.2) is 36.3 Å². The summed E-state index contributed by atoms with van der Waals surface area (Å²) < 4.78 is 349. The average Bonchev–Trinajstić information content (AvgIpc) is 3.26. The van der Waals surface area contributed by atoms with Crippen LogP contribution >= 0.6 is 0 Å². The van der Waals surface area contributed by atoms with Gasteiger partial charge in [0.1, 0.15) is 52.5 Å². The second-order valence-corrected chi connectivity index (χ2v) is 18.2. The van der Waals surface area contributed by atoms with Crippen LogP contribution < -0.4 is 0 Å². The number of hydrogen-bond donors (Lipinski definition) is 0. The van der Waals surface area contributed by atoms with Gasteiger partial charge in [0, 0.05) is 0 Å². The Kier molecular flexibility index (Phi) is 25.8. The lowest BCUT2D eigenvalue weighted by Gasteiger charge is -2.50. The molecule has 79 heavy (non-hydrogen) atoms. The monoisotopic (exact) mass is 1220 g/mol. The summed E-state index contributed by atoms with van der Waals surface area (Å²) in [4.78, 5) is 67.9. The van der Waals surface area contributed by atoms with Gasteiger partial charge < -0.3 is 28.4 Å². The highest BCUT2D eigenvalue weighted by Crippen LogP contribution is 2.69. The molecule has 0 saturated heterocycles. The highest BCUT2D eigenvalue weighted by atomic mass is 19.4. The summed E-state index contributed by atoms with van der Waals surface area (Å²) in [6, 6.07) is 0. The fourth-order valence-corrected chi connectivity index (χ4v) is 5.10. The van der Waals surface area contributed by atoms with Gasteiger partial charge in [0.25, 0.3) is 11.8 Å². The van der Waals surface area contributed by atoms with Gasteiger partial charge in [0.05, 0.1) is 29.6 Å². The summed E-state index contributed by atoms with van der Waals surface area (Å²) in [5, 5.41) is 0. The van der Waals surface area contributed by atoms with Gasteiger partial charge in [-0.2, -0.15) is 87.8 Å². The van der Waals surface area contributed by atoms with Crippen LogP contribution in [-0.4, -0.2) is 147 Å². The van der Waals surface area contributed by atoms with E-state index in [1.54, 1.807) is 27.7 Å². The van der Waals surface area contributed by atoms with Crippen molar-refractivity contribution in [1.29, 1.82) is 0 Å². The summed E-state index contributed by atoms with van der Waals surface area (Å²) in [5.41, 5.74) is -8.85. The molecule has 0 bridgehead atoms. The minimum absolute atomic E-state index is 0.204. The Balaban J connectivity index is 0. The minimum atomic E-state index is -7.43. The van der Waals surface area contributed by atoms with Crippen LogP contribution in [0.3, 0.4) is 0 Å². The van der Waals surface area contributed by atoms with Crippen LogP contribution in [0.25, 0.3) is 0 Å². The molecule has 1 saturated carbocycles. The molecule has 0 aromatic rings. The summed E-state index contributed by atoms with van der Waals surface area (Å²) in [6.07, 6.45) is -20.5. The molecule has 1 unspecified atom stereocenters. The first-order valence-corrected chi connectivity index (χ1v) is 22.1. The number of rotatable bonds is 24. The van der Waals surface area contributed by atoms with Crippen LogP contribution in [0, 0.1) is 16.7 Å². The van der Waals surface area contributed by atoms with E-state index in [0.29, 0.717) is 12.8 Å². The van der Waals surface area contributed by atoms with Crippen LogP contribution in [0.5, 0.6) is 0 Å². The molecule has 0 heterocycles. The Bertz CT molecular complexity index is 2020. The van der Waals surface area contributed by atoms with Crippen molar-refractivity contribution in [3.8, 4) is 0 Å². The smallest absolute Gasteiger partial charge is 0.394 e. The van der Waals surface area contributed by atoms with E-state index in [1.165, 1.54) is 27.7 Å². The topological polar surface area (TPSA) is 158 Å². The molecular weight excluding hydrogens is 1170 g/mol. The van der Waals surface area contributed by atoms with Gasteiger partial charge in [-0.05, 0) is 47.0 Å². The molecule has 0 spiro atoms. The van der Waals surface area contributed by atoms with Gasteiger partial charge >= 0.3 is 95.3 Å². The second-order valence-electron chi connectivity index (χ2n) is 18.2. The lowest BCUT2D eigenvalue weighted by atomic mass is 9.72. The number of hydrogen-bond acceptors (Lipinski definition) is 12. The quantitative estimate of drug-likeness (QED) is 0.0390. The number of carbonyl (C=O) groups excluding carboxylic acids is 6. The Morgan fingerprint density at radius 2 is 0.633 bits per heavy atom. The maximum Gasteiger partial charge on any atom is 0.394 e. The number of alkyl halides is 25. The predicted molar refractivity (Wildman–Crippen MR) is 212 cm³/mol. The lowest BCUT2D eigenvalue weighted by molar-refractivity contribution is -0.478.